The minimum absolute atomic E-state index is 0.169. The lowest BCUT2D eigenvalue weighted by atomic mass is 9.94. The van der Waals surface area contributed by atoms with Gasteiger partial charge in [0.2, 0.25) is 5.91 Å². The standard InChI is InChI=1S/C20H29NO2/c1-3-21(20(22)18-10-12-23-13-11-18)19(17-8-9-17)14-16-6-4-15(2)5-7-16/h4-7,17-19H,3,8-14H2,1-2H3. The monoisotopic (exact) mass is 315 g/mol. The quantitative estimate of drug-likeness (QED) is 0.803. The van der Waals surface area contributed by atoms with Crippen molar-refractivity contribution in [2.75, 3.05) is 19.8 Å². The highest BCUT2D eigenvalue weighted by Crippen LogP contribution is 2.38. The number of ether oxygens (including phenoxy) is 1. The molecule has 1 amide bonds. The van der Waals surface area contributed by atoms with Gasteiger partial charge in [0.15, 0.2) is 0 Å². The van der Waals surface area contributed by atoms with Gasteiger partial charge in [0.05, 0.1) is 0 Å². The fourth-order valence-electron chi connectivity index (χ4n) is 3.71. The van der Waals surface area contributed by atoms with E-state index in [2.05, 4.69) is 43.0 Å². The van der Waals surface area contributed by atoms with E-state index in [1.165, 1.54) is 24.0 Å². The first kappa shape index (κ1) is 16.5. The number of likely N-dealkylation sites (N-methyl/N-ethyl adjacent to an activating group) is 1. The molecule has 3 rings (SSSR count). The molecule has 2 fully saturated rings. The summed E-state index contributed by atoms with van der Waals surface area (Å²) in [4.78, 5) is 15.2. The lowest BCUT2D eigenvalue weighted by Crippen LogP contribution is -2.46. The van der Waals surface area contributed by atoms with E-state index in [4.69, 9.17) is 4.74 Å². The molecule has 126 valence electrons. The zero-order chi connectivity index (χ0) is 16.2. The van der Waals surface area contributed by atoms with Gasteiger partial charge in [-0.3, -0.25) is 4.79 Å². The molecule has 0 aromatic heterocycles. The molecule has 2 aliphatic rings. The summed E-state index contributed by atoms with van der Waals surface area (Å²) in [6.45, 7) is 6.54. The third kappa shape index (κ3) is 4.14. The Kier molecular flexibility index (Phi) is 5.37. The van der Waals surface area contributed by atoms with Crippen LogP contribution in [0.5, 0.6) is 0 Å². The van der Waals surface area contributed by atoms with Gasteiger partial charge in [0, 0.05) is 31.7 Å². The van der Waals surface area contributed by atoms with Gasteiger partial charge in [-0.15, -0.1) is 0 Å². The van der Waals surface area contributed by atoms with Crippen LogP contribution in [-0.4, -0.2) is 36.6 Å². The Morgan fingerprint density at radius 2 is 1.83 bits per heavy atom. The maximum Gasteiger partial charge on any atom is 0.226 e. The van der Waals surface area contributed by atoms with Crippen molar-refractivity contribution in [2.24, 2.45) is 11.8 Å². The van der Waals surface area contributed by atoms with Crippen molar-refractivity contribution in [2.45, 2.75) is 52.0 Å². The maximum absolute atomic E-state index is 13.0. The second-order valence-electron chi connectivity index (χ2n) is 7.11. The maximum atomic E-state index is 13.0. The first-order valence-corrected chi connectivity index (χ1v) is 9.12. The highest BCUT2D eigenvalue weighted by molar-refractivity contribution is 5.79. The Morgan fingerprint density at radius 3 is 2.39 bits per heavy atom. The second kappa shape index (κ2) is 7.48. The van der Waals surface area contributed by atoms with Gasteiger partial charge in [-0.2, -0.15) is 0 Å². The molecule has 1 aliphatic carbocycles. The van der Waals surface area contributed by atoms with Gasteiger partial charge in [0.1, 0.15) is 0 Å². The molecule has 1 atom stereocenters. The summed E-state index contributed by atoms with van der Waals surface area (Å²) in [6.07, 6.45) is 5.31. The van der Waals surface area contributed by atoms with Crippen molar-refractivity contribution in [1.29, 1.82) is 0 Å². The number of hydrogen-bond acceptors (Lipinski definition) is 2. The van der Waals surface area contributed by atoms with Gasteiger partial charge in [-0.1, -0.05) is 29.8 Å². The van der Waals surface area contributed by atoms with Gasteiger partial charge < -0.3 is 9.64 Å². The Morgan fingerprint density at radius 1 is 1.17 bits per heavy atom. The predicted molar refractivity (Wildman–Crippen MR) is 92.3 cm³/mol. The molecule has 1 aromatic carbocycles. The average Bonchev–Trinajstić information content (AvgIpc) is 3.42. The van der Waals surface area contributed by atoms with Crippen molar-refractivity contribution >= 4 is 5.91 Å². The van der Waals surface area contributed by atoms with Crippen LogP contribution < -0.4 is 0 Å². The number of carbonyl (C=O) groups excluding carboxylic acids is 1. The summed E-state index contributed by atoms with van der Waals surface area (Å²) in [5.74, 6) is 1.22. The second-order valence-corrected chi connectivity index (χ2v) is 7.11. The number of benzene rings is 1. The Labute approximate surface area is 140 Å². The van der Waals surface area contributed by atoms with Crippen LogP contribution in [0, 0.1) is 18.8 Å². The summed E-state index contributed by atoms with van der Waals surface area (Å²) in [5.41, 5.74) is 2.65. The summed E-state index contributed by atoms with van der Waals surface area (Å²) in [7, 11) is 0. The van der Waals surface area contributed by atoms with E-state index in [1.54, 1.807) is 0 Å². The number of hydrogen-bond donors (Lipinski definition) is 0. The summed E-state index contributed by atoms with van der Waals surface area (Å²) in [5, 5.41) is 0. The summed E-state index contributed by atoms with van der Waals surface area (Å²) >= 11 is 0. The number of carbonyl (C=O) groups is 1. The van der Waals surface area contributed by atoms with Crippen molar-refractivity contribution in [3.63, 3.8) is 0 Å². The lowest BCUT2D eigenvalue weighted by molar-refractivity contribution is -0.141. The average molecular weight is 315 g/mol. The predicted octanol–water partition coefficient (Wildman–Crippen LogP) is 3.59. The smallest absolute Gasteiger partial charge is 0.226 e. The van der Waals surface area contributed by atoms with E-state index in [0.717, 1.165) is 39.0 Å². The first-order valence-electron chi connectivity index (χ1n) is 9.12. The molecular formula is C20H29NO2. The Balaban J connectivity index is 1.72. The molecule has 0 bridgehead atoms. The molecule has 3 nitrogen and oxygen atoms in total. The van der Waals surface area contributed by atoms with E-state index >= 15 is 0 Å². The zero-order valence-corrected chi connectivity index (χ0v) is 14.5. The van der Waals surface area contributed by atoms with Crippen molar-refractivity contribution in [3.8, 4) is 0 Å². The van der Waals surface area contributed by atoms with Gasteiger partial charge in [-0.25, -0.2) is 0 Å². The normalized spacial score (nSPS) is 20.3. The molecule has 0 spiro atoms. The minimum Gasteiger partial charge on any atom is -0.381 e. The van der Waals surface area contributed by atoms with Gasteiger partial charge in [-0.05, 0) is 57.4 Å². The first-order chi connectivity index (χ1) is 11.2. The SMILES string of the molecule is CCN(C(=O)C1CCOCC1)C(Cc1ccc(C)cc1)C1CC1. The number of amides is 1. The highest BCUT2D eigenvalue weighted by Gasteiger charge is 2.38. The molecule has 3 heteroatoms. The molecule has 1 aromatic rings. The highest BCUT2D eigenvalue weighted by atomic mass is 16.5. The summed E-state index contributed by atoms with van der Waals surface area (Å²) in [6, 6.07) is 9.17. The fourth-order valence-corrected chi connectivity index (χ4v) is 3.71. The van der Waals surface area contributed by atoms with E-state index in [-0.39, 0.29) is 5.92 Å². The number of rotatable bonds is 6. The molecule has 0 N–H and O–H groups in total. The number of aryl methyl sites for hydroxylation is 1. The molecule has 23 heavy (non-hydrogen) atoms. The largest absolute Gasteiger partial charge is 0.381 e. The van der Waals surface area contributed by atoms with Crippen LogP contribution >= 0.6 is 0 Å². The van der Waals surface area contributed by atoms with Crippen LogP contribution in [0.25, 0.3) is 0 Å². The topological polar surface area (TPSA) is 29.5 Å². The number of nitrogens with zero attached hydrogens (tertiary/aromatic N) is 1. The fraction of sp³-hybridized carbons (Fsp3) is 0.650. The molecule has 1 unspecified atom stereocenters. The van der Waals surface area contributed by atoms with Gasteiger partial charge >= 0.3 is 0 Å². The van der Waals surface area contributed by atoms with Crippen LogP contribution in [-0.2, 0) is 16.0 Å². The van der Waals surface area contributed by atoms with Crippen molar-refractivity contribution in [3.05, 3.63) is 35.4 Å². The van der Waals surface area contributed by atoms with E-state index in [0.29, 0.717) is 17.9 Å². The molecule has 1 saturated carbocycles. The van der Waals surface area contributed by atoms with Gasteiger partial charge in [0.25, 0.3) is 0 Å². The molecule has 1 heterocycles. The Bertz CT molecular complexity index is 515. The third-order valence-corrected chi connectivity index (χ3v) is 5.33. The van der Waals surface area contributed by atoms with Crippen molar-refractivity contribution in [1.82, 2.24) is 4.90 Å². The molecule has 1 saturated heterocycles. The van der Waals surface area contributed by atoms with Crippen molar-refractivity contribution < 1.29 is 9.53 Å². The van der Waals surface area contributed by atoms with E-state index in [1.807, 2.05) is 0 Å². The van der Waals surface area contributed by atoms with Crippen LogP contribution in [0.1, 0.15) is 43.7 Å². The van der Waals surface area contributed by atoms with E-state index < -0.39 is 0 Å². The van der Waals surface area contributed by atoms with Crippen LogP contribution in [0.3, 0.4) is 0 Å². The van der Waals surface area contributed by atoms with Crippen LogP contribution in [0.15, 0.2) is 24.3 Å². The van der Waals surface area contributed by atoms with E-state index in [9.17, 15) is 4.79 Å². The molecule has 0 radical (unpaired) electrons. The van der Waals surface area contributed by atoms with Crippen LogP contribution in [0.2, 0.25) is 0 Å². The lowest BCUT2D eigenvalue weighted by Gasteiger charge is -2.35. The zero-order valence-electron chi connectivity index (χ0n) is 14.5. The molecular weight excluding hydrogens is 286 g/mol. The minimum atomic E-state index is 0.169. The molecule has 1 aliphatic heterocycles. The third-order valence-electron chi connectivity index (χ3n) is 5.33. The summed E-state index contributed by atoms with van der Waals surface area (Å²) < 4.78 is 5.42. The van der Waals surface area contributed by atoms with Crippen LogP contribution in [0.4, 0.5) is 0 Å². The Hall–Kier alpha value is -1.35.